The van der Waals surface area contributed by atoms with Gasteiger partial charge in [-0.2, -0.15) is 0 Å². The highest BCUT2D eigenvalue weighted by atomic mass is 16.6. The van der Waals surface area contributed by atoms with Crippen molar-refractivity contribution >= 4 is 5.69 Å². The number of aliphatic hydroxyl groups excluding tert-OH is 1. The minimum Gasteiger partial charge on any atom is -0.394 e. The molecular formula is C13H18N2O4. The molecule has 6 nitrogen and oxygen atoms in total. The number of benzene rings is 1. The topological polar surface area (TPSA) is 75.8 Å². The second kappa shape index (κ2) is 6.60. The van der Waals surface area contributed by atoms with Crippen molar-refractivity contribution in [2.24, 2.45) is 0 Å². The number of nitro groups is 1. The average Bonchev–Trinajstić information content (AvgIpc) is 2.46. The lowest BCUT2D eigenvalue weighted by molar-refractivity contribution is -0.384. The molecule has 1 aromatic carbocycles. The molecule has 6 heteroatoms. The highest BCUT2D eigenvalue weighted by molar-refractivity contribution is 5.32. The van der Waals surface area contributed by atoms with Gasteiger partial charge in [0.25, 0.3) is 5.69 Å². The van der Waals surface area contributed by atoms with Crippen LogP contribution in [0.5, 0.6) is 0 Å². The summed E-state index contributed by atoms with van der Waals surface area (Å²) in [5.41, 5.74) is 1.20. The predicted octanol–water partition coefficient (Wildman–Crippen LogP) is 0.830. The summed E-state index contributed by atoms with van der Waals surface area (Å²) in [6.45, 7) is 3.17. The number of nitrogens with zero attached hydrogens (tertiary/aromatic N) is 2. The number of morpholine rings is 1. The Morgan fingerprint density at radius 3 is 2.79 bits per heavy atom. The van der Waals surface area contributed by atoms with Gasteiger partial charge in [-0.1, -0.05) is 12.1 Å². The van der Waals surface area contributed by atoms with E-state index >= 15 is 0 Å². The van der Waals surface area contributed by atoms with Crippen molar-refractivity contribution < 1.29 is 14.8 Å². The van der Waals surface area contributed by atoms with Crippen LogP contribution in [0.1, 0.15) is 5.56 Å². The number of nitro benzene ring substituents is 1. The molecule has 104 valence electrons. The molecule has 19 heavy (non-hydrogen) atoms. The van der Waals surface area contributed by atoms with Gasteiger partial charge in [0.15, 0.2) is 0 Å². The summed E-state index contributed by atoms with van der Waals surface area (Å²) in [5.74, 6) is 0. The van der Waals surface area contributed by atoms with Crippen molar-refractivity contribution in [1.82, 2.24) is 4.90 Å². The molecular weight excluding hydrogens is 248 g/mol. The first-order valence-electron chi connectivity index (χ1n) is 6.37. The minimum atomic E-state index is -0.391. The Hall–Kier alpha value is -1.50. The van der Waals surface area contributed by atoms with E-state index in [0.717, 1.165) is 31.6 Å². The highest BCUT2D eigenvalue weighted by Gasteiger charge is 2.19. The third-order valence-electron chi connectivity index (χ3n) is 3.29. The zero-order valence-corrected chi connectivity index (χ0v) is 10.7. The number of ether oxygens (including phenoxy) is 1. The van der Waals surface area contributed by atoms with Crippen LogP contribution >= 0.6 is 0 Å². The molecule has 0 aromatic heterocycles. The average molecular weight is 266 g/mol. The Labute approximate surface area is 111 Å². The van der Waals surface area contributed by atoms with Gasteiger partial charge in [-0.25, -0.2) is 0 Å². The quantitative estimate of drug-likeness (QED) is 0.631. The molecule has 1 atom stereocenters. The van der Waals surface area contributed by atoms with E-state index in [1.807, 2.05) is 0 Å². The molecule has 0 amide bonds. The maximum atomic E-state index is 10.5. The van der Waals surface area contributed by atoms with Crippen molar-refractivity contribution in [3.8, 4) is 0 Å². The van der Waals surface area contributed by atoms with E-state index in [2.05, 4.69) is 4.90 Å². The van der Waals surface area contributed by atoms with Crippen LogP contribution in [0.15, 0.2) is 24.3 Å². The fraction of sp³-hybridized carbons (Fsp3) is 0.538. The summed E-state index contributed by atoms with van der Waals surface area (Å²) < 4.78 is 5.38. The standard InChI is InChI=1S/C13H18N2O4/c16-10-13-9-14(7-8-19-13)6-5-11-1-3-12(4-2-11)15(17)18/h1-4,13,16H,5-10H2. The van der Waals surface area contributed by atoms with Crippen molar-refractivity contribution in [2.75, 3.05) is 32.8 Å². The van der Waals surface area contributed by atoms with E-state index in [9.17, 15) is 10.1 Å². The monoisotopic (exact) mass is 266 g/mol. The van der Waals surface area contributed by atoms with Crippen LogP contribution in [-0.4, -0.2) is 53.9 Å². The smallest absolute Gasteiger partial charge is 0.269 e. The largest absolute Gasteiger partial charge is 0.394 e. The van der Waals surface area contributed by atoms with E-state index < -0.39 is 4.92 Å². The first kappa shape index (κ1) is 13.9. The molecule has 0 spiro atoms. The lowest BCUT2D eigenvalue weighted by Crippen LogP contribution is -2.44. The van der Waals surface area contributed by atoms with Crippen molar-refractivity contribution in [3.05, 3.63) is 39.9 Å². The van der Waals surface area contributed by atoms with E-state index in [4.69, 9.17) is 9.84 Å². The summed E-state index contributed by atoms with van der Waals surface area (Å²) in [5, 5.41) is 19.6. The number of hydrogen-bond donors (Lipinski definition) is 1. The third-order valence-corrected chi connectivity index (χ3v) is 3.29. The van der Waals surface area contributed by atoms with Crippen LogP contribution in [0.4, 0.5) is 5.69 Å². The molecule has 0 aliphatic carbocycles. The molecule has 1 aliphatic rings. The van der Waals surface area contributed by atoms with Gasteiger partial charge in [0.2, 0.25) is 0 Å². The molecule has 1 fully saturated rings. The lowest BCUT2D eigenvalue weighted by atomic mass is 10.1. The summed E-state index contributed by atoms with van der Waals surface area (Å²) in [7, 11) is 0. The molecule has 0 bridgehead atoms. The minimum absolute atomic E-state index is 0.0496. The molecule has 1 saturated heterocycles. The summed E-state index contributed by atoms with van der Waals surface area (Å²) in [6, 6.07) is 6.65. The number of non-ortho nitro benzene ring substituents is 1. The van der Waals surface area contributed by atoms with Gasteiger partial charge in [0, 0.05) is 31.8 Å². The Balaban J connectivity index is 1.83. The zero-order chi connectivity index (χ0) is 13.7. The Kier molecular flexibility index (Phi) is 4.84. The van der Waals surface area contributed by atoms with Gasteiger partial charge in [-0.3, -0.25) is 15.0 Å². The van der Waals surface area contributed by atoms with E-state index in [1.54, 1.807) is 12.1 Å². The summed E-state index contributed by atoms with van der Waals surface area (Å²) in [6.07, 6.45) is 0.751. The second-order valence-electron chi connectivity index (χ2n) is 4.65. The van der Waals surface area contributed by atoms with Crippen molar-refractivity contribution in [2.45, 2.75) is 12.5 Å². The fourth-order valence-corrected chi connectivity index (χ4v) is 2.17. The zero-order valence-electron chi connectivity index (χ0n) is 10.7. The molecule has 1 aliphatic heterocycles. The normalized spacial score (nSPS) is 20.4. The van der Waals surface area contributed by atoms with Gasteiger partial charge in [-0.05, 0) is 12.0 Å². The van der Waals surface area contributed by atoms with Gasteiger partial charge < -0.3 is 9.84 Å². The number of rotatable bonds is 5. The van der Waals surface area contributed by atoms with Crippen LogP contribution in [0, 0.1) is 10.1 Å². The predicted molar refractivity (Wildman–Crippen MR) is 70.1 cm³/mol. The van der Waals surface area contributed by atoms with Gasteiger partial charge in [0.05, 0.1) is 24.2 Å². The van der Waals surface area contributed by atoms with Gasteiger partial charge >= 0.3 is 0 Å². The first-order chi connectivity index (χ1) is 9.19. The Bertz CT molecular complexity index is 421. The fourth-order valence-electron chi connectivity index (χ4n) is 2.17. The third kappa shape index (κ3) is 3.99. The highest BCUT2D eigenvalue weighted by Crippen LogP contribution is 2.13. The van der Waals surface area contributed by atoms with Gasteiger partial charge in [-0.15, -0.1) is 0 Å². The maximum absolute atomic E-state index is 10.5. The Morgan fingerprint density at radius 2 is 2.16 bits per heavy atom. The van der Waals surface area contributed by atoms with Crippen LogP contribution < -0.4 is 0 Å². The first-order valence-corrected chi connectivity index (χ1v) is 6.37. The molecule has 1 heterocycles. The van der Waals surface area contributed by atoms with Crippen molar-refractivity contribution in [1.29, 1.82) is 0 Å². The Morgan fingerprint density at radius 1 is 1.42 bits per heavy atom. The molecule has 0 saturated carbocycles. The molecule has 1 unspecified atom stereocenters. The second-order valence-corrected chi connectivity index (χ2v) is 4.65. The lowest BCUT2D eigenvalue weighted by Gasteiger charge is -2.31. The SMILES string of the molecule is O=[N+]([O-])c1ccc(CCN2CCOC(CO)C2)cc1. The molecule has 2 rings (SSSR count). The van der Waals surface area contributed by atoms with Crippen LogP contribution in [0.3, 0.4) is 0 Å². The van der Waals surface area contributed by atoms with Gasteiger partial charge in [0.1, 0.15) is 0 Å². The van der Waals surface area contributed by atoms with Crippen LogP contribution in [-0.2, 0) is 11.2 Å². The van der Waals surface area contributed by atoms with Crippen molar-refractivity contribution in [3.63, 3.8) is 0 Å². The molecule has 1 N–H and O–H groups in total. The van der Waals surface area contributed by atoms with Crippen LogP contribution in [0.2, 0.25) is 0 Å². The molecule has 1 aromatic rings. The summed E-state index contributed by atoms with van der Waals surface area (Å²) in [4.78, 5) is 12.4. The van der Waals surface area contributed by atoms with E-state index in [-0.39, 0.29) is 18.4 Å². The van der Waals surface area contributed by atoms with Crippen LogP contribution in [0.25, 0.3) is 0 Å². The maximum Gasteiger partial charge on any atom is 0.269 e. The number of hydrogen-bond acceptors (Lipinski definition) is 5. The number of aliphatic hydroxyl groups is 1. The van der Waals surface area contributed by atoms with E-state index in [1.165, 1.54) is 12.1 Å². The summed E-state index contributed by atoms with van der Waals surface area (Å²) >= 11 is 0. The van der Waals surface area contributed by atoms with E-state index in [0.29, 0.717) is 6.61 Å². The molecule has 0 radical (unpaired) electrons.